The molecule has 0 N–H and O–H groups in total. The van der Waals surface area contributed by atoms with Crippen LogP contribution in [-0.4, -0.2) is 50.0 Å². The molecule has 0 atom stereocenters. The van der Waals surface area contributed by atoms with Gasteiger partial charge in [0.2, 0.25) is 0 Å². The Bertz CT molecular complexity index is 1130. The summed E-state index contributed by atoms with van der Waals surface area (Å²) in [7, 11) is 1.58. The summed E-state index contributed by atoms with van der Waals surface area (Å²) < 4.78 is 16.3. The Kier molecular flexibility index (Phi) is 7.66. The molecule has 1 aliphatic heterocycles. The molecule has 33 heavy (non-hydrogen) atoms. The first-order chi connectivity index (χ1) is 16.2. The van der Waals surface area contributed by atoms with Gasteiger partial charge >= 0.3 is 0 Å². The van der Waals surface area contributed by atoms with E-state index >= 15 is 0 Å². The number of ether oxygens (including phenoxy) is 3. The van der Waals surface area contributed by atoms with E-state index in [1.165, 1.54) is 11.3 Å². The van der Waals surface area contributed by atoms with Crippen LogP contribution in [0.3, 0.4) is 0 Å². The van der Waals surface area contributed by atoms with Gasteiger partial charge in [0, 0.05) is 36.3 Å². The third kappa shape index (κ3) is 5.95. The molecule has 8 heteroatoms. The van der Waals surface area contributed by atoms with Crippen LogP contribution in [0.1, 0.15) is 17.0 Å². The van der Waals surface area contributed by atoms with Gasteiger partial charge in [-0.1, -0.05) is 23.9 Å². The van der Waals surface area contributed by atoms with Crippen molar-refractivity contribution < 1.29 is 14.2 Å². The lowest BCUT2D eigenvalue weighted by Gasteiger charge is -2.28. The first-order valence-electron chi connectivity index (χ1n) is 10.8. The van der Waals surface area contributed by atoms with E-state index in [0.29, 0.717) is 17.9 Å². The Labute approximate surface area is 198 Å². The van der Waals surface area contributed by atoms with Crippen molar-refractivity contribution in [3.63, 3.8) is 0 Å². The second-order valence-corrected chi connectivity index (χ2v) is 8.64. The standard InChI is InChI=1S/C25H26N4O3S/c1-18-17-27-24(15-19-3-5-20(6-4-19)29-10-13-31-14-11-29)28-25(18)33-21-7-8-22(32-12-9-26)23(16-21)30-2/h3-8,16-17H,10-15H2,1-2H3. The van der Waals surface area contributed by atoms with E-state index in [1.807, 2.05) is 37.4 Å². The van der Waals surface area contributed by atoms with Gasteiger partial charge in [0.05, 0.1) is 20.3 Å². The largest absolute Gasteiger partial charge is 0.493 e. The Morgan fingerprint density at radius 3 is 2.64 bits per heavy atom. The molecule has 0 amide bonds. The molecular weight excluding hydrogens is 436 g/mol. The summed E-state index contributed by atoms with van der Waals surface area (Å²) in [6.45, 7) is 5.39. The lowest BCUT2D eigenvalue weighted by atomic mass is 10.1. The number of methoxy groups -OCH3 is 1. The number of nitriles is 1. The third-order valence-electron chi connectivity index (χ3n) is 5.29. The van der Waals surface area contributed by atoms with Crippen LogP contribution in [0, 0.1) is 18.3 Å². The maximum absolute atomic E-state index is 8.74. The van der Waals surface area contributed by atoms with Crippen molar-refractivity contribution in [2.45, 2.75) is 23.3 Å². The monoisotopic (exact) mass is 462 g/mol. The van der Waals surface area contributed by atoms with Crippen molar-refractivity contribution in [2.75, 3.05) is 44.9 Å². The summed E-state index contributed by atoms with van der Waals surface area (Å²) in [6, 6.07) is 16.2. The lowest BCUT2D eigenvalue weighted by Crippen LogP contribution is -2.36. The number of benzene rings is 2. The zero-order valence-corrected chi connectivity index (χ0v) is 19.6. The molecule has 2 aromatic carbocycles. The number of hydrogen-bond acceptors (Lipinski definition) is 8. The Balaban J connectivity index is 1.46. The van der Waals surface area contributed by atoms with E-state index in [0.717, 1.165) is 47.6 Å². The molecule has 7 nitrogen and oxygen atoms in total. The molecule has 0 bridgehead atoms. The molecule has 2 heterocycles. The Morgan fingerprint density at radius 1 is 1.12 bits per heavy atom. The molecule has 0 spiro atoms. The molecule has 4 rings (SSSR count). The minimum absolute atomic E-state index is 0.0232. The predicted molar refractivity (Wildman–Crippen MR) is 127 cm³/mol. The molecule has 1 saturated heterocycles. The van der Waals surface area contributed by atoms with Crippen molar-refractivity contribution in [2.24, 2.45) is 0 Å². The van der Waals surface area contributed by atoms with Gasteiger partial charge in [-0.2, -0.15) is 5.26 Å². The summed E-state index contributed by atoms with van der Waals surface area (Å²) in [5, 5.41) is 9.64. The second kappa shape index (κ2) is 11.0. The van der Waals surface area contributed by atoms with Gasteiger partial charge in [-0.05, 0) is 48.4 Å². The molecule has 0 aliphatic carbocycles. The lowest BCUT2D eigenvalue weighted by molar-refractivity contribution is 0.122. The minimum atomic E-state index is -0.0232. The van der Waals surface area contributed by atoms with Crippen LogP contribution in [0.4, 0.5) is 5.69 Å². The van der Waals surface area contributed by atoms with Gasteiger partial charge < -0.3 is 19.1 Å². The molecule has 0 saturated carbocycles. The molecular formula is C25H26N4O3S. The third-order valence-corrected chi connectivity index (χ3v) is 6.39. The number of morpholine rings is 1. The highest BCUT2D eigenvalue weighted by Gasteiger charge is 2.13. The SMILES string of the molecule is COc1cc(Sc2nc(Cc3ccc(N4CCOCC4)cc3)ncc2C)ccc1OCC#N. The minimum Gasteiger partial charge on any atom is -0.493 e. The maximum Gasteiger partial charge on any atom is 0.174 e. The average molecular weight is 463 g/mol. The van der Waals surface area contributed by atoms with E-state index in [2.05, 4.69) is 34.1 Å². The quantitative estimate of drug-likeness (QED) is 0.459. The van der Waals surface area contributed by atoms with E-state index < -0.39 is 0 Å². The van der Waals surface area contributed by atoms with E-state index in [9.17, 15) is 0 Å². The summed E-state index contributed by atoms with van der Waals surface area (Å²) in [5.74, 6) is 1.91. The fraction of sp³-hybridized carbons (Fsp3) is 0.320. The number of aryl methyl sites for hydroxylation is 1. The zero-order chi connectivity index (χ0) is 23.0. The van der Waals surface area contributed by atoms with E-state index in [1.54, 1.807) is 18.9 Å². The molecule has 0 radical (unpaired) electrons. The fourth-order valence-electron chi connectivity index (χ4n) is 3.53. The van der Waals surface area contributed by atoms with Crippen LogP contribution in [0.5, 0.6) is 11.5 Å². The van der Waals surface area contributed by atoms with Crippen molar-refractivity contribution >= 4 is 17.4 Å². The summed E-state index contributed by atoms with van der Waals surface area (Å²) in [6.07, 6.45) is 2.54. The zero-order valence-electron chi connectivity index (χ0n) is 18.8. The van der Waals surface area contributed by atoms with Gasteiger partial charge in [0.25, 0.3) is 0 Å². The summed E-state index contributed by atoms with van der Waals surface area (Å²) in [5.41, 5.74) is 3.40. The molecule has 1 aliphatic rings. The van der Waals surface area contributed by atoms with Crippen LogP contribution in [0.2, 0.25) is 0 Å². The second-order valence-electron chi connectivity index (χ2n) is 7.58. The highest BCUT2D eigenvalue weighted by atomic mass is 32.2. The summed E-state index contributed by atoms with van der Waals surface area (Å²) in [4.78, 5) is 12.7. The van der Waals surface area contributed by atoms with Crippen LogP contribution in [0.25, 0.3) is 0 Å². The maximum atomic E-state index is 8.74. The average Bonchev–Trinajstić information content (AvgIpc) is 2.86. The van der Waals surface area contributed by atoms with Crippen molar-refractivity contribution in [1.82, 2.24) is 9.97 Å². The van der Waals surface area contributed by atoms with Crippen LogP contribution < -0.4 is 14.4 Å². The fourth-order valence-corrected chi connectivity index (χ4v) is 4.42. The van der Waals surface area contributed by atoms with Crippen LogP contribution in [0.15, 0.2) is 58.6 Å². The molecule has 0 unspecified atom stereocenters. The molecule has 170 valence electrons. The van der Waals surface area contributed by atoms with Crippen molar-refractivity contribution in [1.29, 1.82) is 5.26 Å². The van der Waals surface area contributed by atoms with Crippen LogP contribution in [-0.2, 0) is 11.2 Å². The number of anilines is 1. The Morgan fingerprint density at radius 2 is 1.91 bits per heavy atom. The van der Waals surface area contributed by atoms with Crippen molar-refractivity contribution in [3.8, 4) is 17.6 Å². The first kappa shape index (κ1) is 22.9. The molecule has 1 aromatic heterocycles. The summed E-state index contributed by atoms with van der Waals surface area (Å²) >= 11 is 1.55. The van der Waals surface area contributed by atoms with Gasteiger partial charge in [-0.3, -0.25) is 0 Å². The predicted octanol–water partition coefficient (Wildman–Crippen LogP) is 4.27. The highest BCUT2D eigenvalue weighted by molar-refractivity contribution is 7.99. The highest BCUT2D eigenvalue weighted by Crippen LogP contribution is 2.35. The van der Waals surface area contributed by atoms with Gasteiger partial charge in [0.15, 0.2) is 18.1 Å². The molecule has 3 aromatic rings. The first-order valence-corrected chi connectivity index (χ1v) is 11.6. The smallest absolute Gasteiger partial charge is 0.174 e. The number of rotatable bonds is 8. The number of aromatic nitrogens is 2. The molecule has 1 fully saturated rings. The number of hydrogen-bond donors (Lipinski definition) is 0. The Hall–Kier alpha value is -3.28. The van der Waals surface area contributed by atoms with Gasteiger partial charge in [-0.15, -0.1) is 0 Å². The van der Waals surface area contributed by atoms with Gasteiger partial charge in [0.1, 0.15) is 16.9 Å². The van der Waals surface area contributed by atoms with E-state index in [4.69, 9.17) is 24.5 Å². The number of nitrogens with zero attached hydrogens (tertiary/aromatic N) is 4. The topological polar surface area (TPSA) is 80.5 Å². The van der Waals surface area contributed by atoms with E-state index in [-0.39, 0.29) is 6.61 Å². The normalized spacial score (nSPS) is 13.4. The van der Waals surface area contributed by atoms with Gasteiger partial charge in [-0.25, -0.2) is 9.97 Å². The van der Waals surface area contributed by atoms with Crippen LogP contribution >= 0.6 is 11.8 Å². The van der Waals surface area contributed by atoms with Crippen molar-refractivity contribution in [3.05, 3.63) is 65.6 Å².